The van der Waals surface area contributed by atoms with Gasteiger partial charge in [-0.3, -0.25) is 15.1 Å². The number of aliphatic imine (C=N–C) groups is 1. The van der Waals surface area contributed by atoms with Gasteiger partial charge in [-0.05, 0) is 26.0 Å². The summed E-state index contributed by atoms with van der Waals surface area (Å²) >= 11 is 0. The van der Waals surface area contributed by atoms with Gasteiger partial charge in [0.15, 0.2) is 0 Å². The first-order valence-electron chi connectivity index (χ1n) is 6.04. The van der Waals surface area contributed by atoms with Crippen molar-refractivity contribution in [2.45, 2.75) is 13.8 Å². The molecule has 0 saturated carbocycles. The van der Waals surface area contributed by atoms with Crippen LogP contribution in [0.2, 0.25) is 0 Å². The Kier molecular flexibility index (Phi) is 3.56. The van der Waals surface area contributed by atoms with Gasteiger partial charge in [-0.15, -0.1) is 0 Å². The SMILES string of the molecule is Cc1cc(C=Nc2cc([N+](=O)[O-])ccc2O)c(C)n1C. The average Bonchev–Trinajstić information content (AvgIpc) is 2.65. The van der Waals surface area contributed by atoms with Gasteiger partial charge in [-0.2, -0.15) is 0 Å². The van der Waals surface area contributed by atoms with Crippen LogP contribution in [-0.4, -0.2) is 20.8 Å². The number of nitrogens with zero attached hydrogens (tertiary/aromatic N) is 3. The molecular weight excluding hydrogens is 258 g/mol. The molecule has 1 aromatic heterocycles. The maximum Gasteiger partial charge on any atom is 0.271 e. The zero-order valence-corrected chi connectivity index (χ0v) is 11.5. The van der Waals surface area contributed by atoms with Crippen molar-refractivity contribution in [1.29, 1.82) is 0 Å². The molecule has 1 aromatic carbocycles. The number of hydrogen-bond acceptors (Lipinski definition) is 4. The quantitative estimate of drug-likeness (QED) is 0.530. The molecule has 2 aromatic rings. The summed E-state index contributed by atoms with van der Waals surface area (Å²) in [6.07, 6.45) is 1.60. The van der Waals surface area contributed by atoms with E-state index >= 15 is 0 Å². The minimum Gasteiger partial charge on any atom is -0.506 e. The van der Waals surface area contributed by atoms with Crippen molar-refractivity contribution >= 4 is 17.6 Å². The maximum absolute atomic E-state index is 10.7. The molecule has 0 aliphatic rings. The molecule has 0 amide bonds. The number of aromatic hydroxyl groups is 1. The highest BCUT2D eigenvalue weighted by Gasteiger charge is 2.10. The van der Waals surface area contributed by atoms with E-state index in [1.807, 2.05) is 31.5 Å². The van der Waals surface area contributed by atoms with Crippen LogP contribution in [0.5, 0.6) is 5.75 Å². The number of aromatic nitrogens is 1. The third-order valence-corrected chi connectivity index (χ3v) is 3.33. The van der Waals surface area contributed by atoms with Crippen molar-refractivity contribution in [3.05, 3.63) is 51.3 Å². The molecule has 0 radical (unpaired) electrons. The zero-order valence-electron chi connectivity index (χ0n) is 11.5. The maximum atomic E-state index is 10.7. The summed E-state index contributed by atoms with van der Waals surface area (Å²) in [6, 6.07) is 5.73. The lowest BCUT2D eigenvalue weighted by molar-refractivity contribution is -0.384. The van der Waals surface area contributed by atoms with Crippen molar-refractivity contribution in [2.75, 3.05) is 0 Å². The molecule has 6 heteroatoms. The Bertz CT molecular complexity index is 702. The van der Waals surface area contributed by atoms with E-state index in [1.165, 1.54) is 18.2 Å². The van der Waals surface area contributed by atoms with E-state index in [0.717, 1.165) is 17.0 Å². The molecule has 20 heavy (non-hydrogen) atoms. The summed E-state index contributed by atoms with van der Waals surface area (Å²) in [5, 5.41) is 20.4. The van der Waals surface area contributed by atoms with Crippen LogP contribution in [0, 0.1) is 24.0 Å². The first-order valence-corrected chi connectivity index (χ1v) is 6.04. The van der Waals surface area contributed by atoms with Gasteiger partial charge in [0.1, 0.15) is 11.4 Å². The van der Waals surface area contributed by atoms with Crippen LogP contribution in [0.15, 0.2) is 29.3 Å². The average molecular weight is 273 g/mol. The summed E-state index contributed by atoms with van der Waals surface area (Å²) < 4.78 is 2.02. The highest BCUT2D eigenvalue weighted by atomic mass is 16.6. The molecule has 0 fully saturated rings. The van der Waals surface area contributed by atoms with Gasteiger partial charge in [0.05, 0.1) is 4.92 Å². The number of non-ortho nitro benzene ring substituents is 1. The fourth-order valence-corrected chi connectivity index (χ4v) is 1.88. The van der Waals surface area contributed by atoms with Crippen LogP contribution >= 0.6 is 0 Å². The van der Waals surface area contributed by atoms with E-state index in [2.05, 4.69) is 4.99 Å². The minimum atomic E-state index is -0.517. The molecular formula is C14H15N3O3. The molecule has 0 atom stereocenters. The monoisotopic (exact) mass is 273 g/mol. The second-order valence-corrected chi connectivity index (χ2v) is 4.57. The third kappa shape index (κ3) is 2.54. The second-order valence-electron chi connectivity index (χ2n) is 4.57. The first-order chi connectivity index (χ1) is 9.40. The van der Waals surface area contributed by atoms with Crippen molar-refractivity contribution in [2.24, 2.45) is 12.0 Å². The third-order valence-electron chi connectivity index (χ3n) is 3.33. The molecule has 0 aliphatic carbocycles. The lowest BCUT2D eigenvalue weighted by atomic mass is 10.2. The number of phenolic OH excluding ortho intramolecular Hbond substituents is 1. The van der Waals surface area contributed by atoms with Crippen molar-refractivity contribution < 1.29 is 10.0 Å². The largest absolute Gasteiger partial charge is 0.506 e. The Morgan fingerprint density at radius 2 is 2.05 bits per heavy atom. The van der Waals surface area contributed by atoms with E-state index in [4.69, 9.17) is 0 Å². The van der Waals surface area contributed by atoms with Crippen LogP contribution in [0.3, 0.4) is 0 Å². The molecule has 104 valence electrons. The highest BCUT2D eigenvalue weighted by Crippen LogP contribution is 2.30. The van der Waals surface area contributed by atoms with Crippen molar-refractivity contribution in [3.63, 3.8) is 0 Å². The number of hydrogen-bond donors (Lipinski definition) is 1. The molecule has 1 N–H and O–H groups in total. The van der Waals surface area contributed by atoms with E-state index in [1.54, 1.807) is 6.21 Å². The van der Waals surface area contributed by atoms with Gasteiger partial charge in [0.25, 0.3) is 5.69 Å². The minimum absolute atomic E-state index is 0.0860. The van der Waals surface area contributed by atoms with Gasteiger partial charge in [-0.1, -0.05) is 0 Å². The number of aryl methyl sites for hydroxylation is 1. The normalized spacial score (nSPS) is 11.2. The molecule has 0 aliphatic heterocycles. The highest BCUT2D eigenvalue weighted by molar-refractivity contribution is 5.84. The predicted octanol–water partition coefficient (Wildman–Crippen LogP) is 3.01. The van der Waals surface area contributed by atoms with Crippen molar-refractivity contribution in [3.8, 4) is 5.75 Å². The summed E-state index contributed by atoms with van der Waals surface area (Å²) in [5.41, 5.74) is 3.12. The van der Waals surface area contributed by atoms with E-state index < -0.39 is 4.92 Å². The molecule has 0 saturated heterocycles. The molecule has 0 spiro atoms. The summed E-state index contributed by atoms with van der Waals surface area (Å²) in [6.45, 7) is 3.94. The number of rotatable bonds is 3. The van der Waals surface area contributed by atoms with Crippen LogP contribution < -0.4 is 0 Å². The number of benzene rings is 1. The smallest absolute Gasteiger partial charge is 0.271 e. The molecule has 1 heterocycles. The van der Waals surface area contributed by atoms with E-state index in [9.17, 15) is 15.2 Å². The predicted molar refractivity (Wildman–Crippen MR) is 76.9 cm³/mol. The lowest BCUT2D eigenvalue weighted by Gasteiger charge is -2.00. The Morgan fingerprint density at radius 1 is 1.35 bits per heavy atom. The topological polar surface area (TPSA) is 80.7 Å². The van der Waals surface area contributed by atoms with Gasteiger partial charge < -0.3 is 9.67 Å². The summed E-state index contributed by atoms with van der Waals surface area (Å²) in [4.78, 5) is 14.3. The van der Waals surface area contributed by atoms with E-state index in [0.29, 0.717) is 0 Å². The Balaban J connectivity index is 2.38. The number of nitro groups is 1. The van der Waals surface area contributed by atoms with Crippen LogP contribution in [-0.2, 0) is 7.05 Å². The van der Waals surface area contributed by atoms with Gasteiger partial charge in [0.2, 0.25) is 0 Å². The number of phenols is 1. The molecule has 0 unspecified atom stereocenters. The van der Waals surface area contributed by atoms with Crippen molar-refractivity contribution in [1.82, 2.24) is 4.57 Å². The van der Waals surface area contributed by atoms with Gasteiger partial charge in [-0.25, -0.2) is 0 Å². The molecule has 0 bridgehead atoms. The standard InChI is InChI=1S/C14H15N3O3/c1-9-6-11(10(2)16(9)3)8-15-13-7-12(17(19)20)4-5-14(13)18/h4-8,18H,1-3H3. The summed E-state index contributed by atoms with van der Waals surface area (Å²) in [5.74, 6) is -0.0860. The van der Waals surface area contributed by atoms with E-state index in [-0.39, 0.29) is 17.1 Å². The van der Waals surface area contributed by atoms with Crippen LogP contribution in [0.25, 0.3) is 0 Å². The first kappa shape index (κ1) is 13.8. The Labute approximate surface area is 116 Å². The number of nitro benzene ring substituents is 1. The molecule has 6 nitrogen and oxygen atoms in total. The Morgan fingerprint density at radius 3 is 2.60 bits per heavy atom. The fraction of sp³-hybridized carbons (Fsp3) is 0.214. The van der Waals surface area contributed by atoms with Gasteiger partial charge >= 0.3 is 0 Å². The van der Waals surface area contributed by atoms with Gasteiger partial charge in [0, 0.05) is 42.3 Å². The molecule has 2 rings (SSSR count). The fourth-order valence-electron chi connectivity index (χ4n) is 1.88. The summed E-state index contributed by atoms with van der Waals surface area (Å²) in [7, 11) is 1.95. The van der Waals surface area contributed by atoms with Crippen LogP contribution in [0.1, 0.15) is 17.0 Å². The second kappa shape index (κ2) is 5.16. The lowest BCUT2D eigenvalue weighted by Crippen LogP contribution is -1.93. The Hall–Kier alpha value is -2.63. The zero-order chi connectivity index (χ0) is 14.9. The van der Waals surface area contributed by atoms with Crippen LogP contribution in [0.4, 0.5) is 11.4 Å².